The summed E-state index contributed by atoms with van der Waals surface area (Å²) in [6.45, 7) is 1.25. The van der Waals surface area contributed by atoms with E-state index in [0.717, 1.165) is 37.1 Å². The average molecular weight is 364 g/mol. The van der Waals surface area contributed by atoms with Gasteiger partial charge in [0.1, 0.15) is 5.76 Å². The standard InChI is InChI=1S/C20H20N4O3/c25-19-14-4-1-7-21-16(14)9-15(22-19)13-3-2-8-24(11-13)20(26)17-10-18(27-23-17)12-5-6-12/h1,4,7,9-10,12-13H,2-3,5-6,8,11H2,(H,22,25)/t13-/m0/s1. The molecule has 0 spiro atoms. The van der Waals surface area contributed by atoms with E-state index in [2.05, 4.69) is 15.1 Å². The molecule has 1 atom stereocenters. The second-order valence-electron chi connectivity index (χ2n) is 7.47. The minimum atomic E-state index is -0.135. The van der Waals surface area contributed by atoms with Gasteiger partial charge in [0.05, 0.1) is 10.9 Å². The lowest BCUT2D eigenvalue weighted by atomic mass is 9.93. The van der Waals surface area contributed by atoms with Gasteiger partial charge in [0.25, 0.3) is 11.5 Å². The molecule has 1 saturated heterocycles. The topological polar surface area (TPSA) is 92.1 Å². The van der Waals surface area contributed by atoms with Gasteiger partial charge in [0.15, 0.2) is 5.69 Å². The molecule has 7 heteroatoms. The Hall–Kier alpha value is -2.96. The molecule has 3 aromatic rings. The lowest BCUT2D eigenvalue weighted by Crippen LogP contribution is -2.39. The van der Waals surface area contributed by atoms with Crippen LogP contribution in [-0.4, -0.2) is 39.0 Å². The summed E-state index contributed by atoms with van der Waals surface area (Å²) in [7, 11) is 0. The minimum absolute atomic E-state index is 0.0802. The Bertz CT molecular complexity index is 1070. The Kier molecular flexibility index (Phi) is 3.81. The molecule has 1 aliphatic carbocycles. The molecule has 138 valence electrons. The van der Waals surface area contributed by atoms with Crippen molar-refractivity contribution in [3.8, 4) is 0 Å². The quantitative estimate of drug-likeness (QED) is 0.771. The monoisotopic (exact) mass is 364 g/mol. The molecule has 0 bridgehead atoms. The first-order valence-electron chi connectivity index (χ1n) is 9.43. The van der Waals surface area contributed by atoms with Crippen molar-refractivity contribution < 1.29 is 9.32 Å². The normalized spacial score (nSPS) is 20.1. The van der Waals surface area contributed by atoms with Gasteiger partial charge in [-0.15, -0.1) is 0 Å². The zero-order valence-electron chi connectivity index (χ0n) is 14.9. The number of rotatable bonds is 3. The Balaban J connectivity index is 1.38. The van der Waals surface area contributed by atoms with E-state index in [1.54, 1.807) is 24.4 Å². The number of carbonyl (C=O) groups is 1. The highest BCUT2D eigenvalue weighted by Gasteiger charge is 2.31. The minimum Gasteiger partial charge on any atom is -0.360 e. The molecule has 0 aromatic carbocycles. The number of piperidine rings is 1. The van der Waals surface area contributed by atoms with E-state index in [1.165, 1.54) is 0 Å². The number of nitrogens with zero attached hydrogens (tertiary/aromatic N) is 3. The summed E-state index contributed by atoms with van der Waals surface area (Å²) in [5.74, 6) is 1.23. The van der Waals surface area contributed by atoms with E-state index in [0.29, 0.717) is 35.6 Å². The summed E-state index contributed by atoms with van der Waals surface area (Å²) in [5, 5.41) is 4.55. The largest absolute Gasteiger partial charge is 0.360 e. The summed E-state index contributed by atoms with van der Waals surface area (Å²) < 4.78 is 5.32. The van der Waals surface area contributed by atoms with Crippen molar-refractivity contribution in [1.82, 2.24) is 20.0 Å². The molecule has 1 saturated carbocycles. The van der Waals surface area contributed by atoms with Crippen molar-refractivity contribution in [2.45, 2.75) is 37.5 Å². The molecule has 3 aromatic heterocycles. The molecular weight excluding hydrogens is 344 g/mol. The van der Waals surface area contributed by atoms with Gasteiger partial charge >= 0.3 is 0 Å². The van der Waals surface area contributed by atoms with Crippen LogP contribution in [0, 0.1) is 0 Å². The zero-order valence-corrected chi connectivity index (χ0v) is 14.9. The predicted octanol–water partition coefficient (Wildman–Crippen LogP) is 2.81. The number of aromatic nitrogens is 3. The van der Waals surface area contributed by atoms with Gasteiger partial charge in [-0.2, -0.15) is 0 Å². The van der Waals surface area contributed by atoms with Crippen molar-refractivity contribution in [3.05, 3.63) is 58.0 Å². The number of H-pyrrole nitrogens is 1. The number of fused-ring (bicyclic) bond motifs is 1. The van der Waals surface area contributed by atoms with Crippen LogP contribution in [0.3, 0.4) is 0 Å². The first kappa shape index (κ1) is 16.2. The molecule has 7 nitrogen and oxygen atoms in total. The highest BCUT2D eigenvalue weighted by molar-refractivity contribution is 5.92. The molecule has 2 fully saturated rings. The van der Waals surface area contributed by atoms with Crippen LogP contribution < -0.4 is 5.56 Å². The van der Waals surface area contributed by atoms with Gasteiger partial charge < -0.3 is 14.4 Å². The van der Waals surface area contributed by atoms with Crippen LogP contribution in [-0.2, 0) is 0 Å². The van der Waals surface area contributed by atoms with Crippen LogP contribution >= 0.6 is 0 Å². The number of pyridine rings is 2. The molecule has 2 aliphatic rings. The molecule has 0 unspecified atom stereocenters. The number of amides is 1. The van der Waals surface area contributed by atoms with Crippen molar-refractivity contribution in [2.24, 2.45) is 0 Å². The molecule has 0 radical (unpaired) electrons. The zero-order chi connectivity index (χ0) is 18.4. The van der Waals surface area contributed by atoms with Crippen LogP contribution in [0.25, 0.3) is 10.9 Å². The fourth-order valence-electron chi connectivity index (χ4n) is 3.85. The Morgan fingerprint density at radius 3 is 2.96 bits per heavy atom. The number of aromatic amines is 1. The maximum absolute atomic E-state index is 12.8. The van der Waals surface area contributed by atoms with E-state index < -0.39 is 0 Å². The number of likely N-dealkylation sites (tertiary alicyclic amines) is 1. The molecule has 27 heavy (non-hydrogen) atoms. The van der Waals surface area contributed by atoms with Crippen molar-refractivity contribution in [3.63, 3.8) is 0 Å². The fourth-order valence-corrected chi connectivity index (χ4v) is 3.85. The van der Waals surface area contributed by atoms with Crippen LogP contribution in [0.1, 0.15) is 59.5 Å². The van der Waals surface area contributed by atoms with Crippen LogP contribution in [0.15, 0.2) is 39.8 Å². The van der Waals surface area contributed by atoms with Crippen LogP contribution in [0.2, 0.25) is 0 Å². The number of nitrogens with one attached hydrogen (secondary N) is 1. The molecule has 1 N–H and O–H groups in total. The molecule has 5 rings (SSSR count). The molecule has 1 amide bonds. The first-order chi connectivity index (χ1) is 13.2. The Morgan fingerprint density at radius 1 is 1.22 bits per heavy atom. The Labute approximate surface area is 155 Å². The predicted molar refractivity (Wildman–Crippen MR) is 98.7 cm³/mol. The van der Waals surface area contributed by atoms with Gasteiger partial charge in [0, 0.05) is 42.9 Å². The molecular formula is C20H20N4O3. The van der Waals surface area contributed by atoms with Gasteiger partial charge in [-0.1, -0.05) is 5.16 Å². The maximum Gasteiger partial charge on any atom is 0.276 e. The molecule has 1 aliphatic heterocycles. The van der Waals surface area contributed by atoms with E-state index in [9.17, 15) is 9.59 Å². The van der Waals surface area contributed by atoms with Gasteiger partial charge in [0.2, 0.25) is 0 Å². The first-order valence-corrected chi connectivity index (χ1v) is 9.43. The summed E-state index contributed by atoms with van der Waals surface area (Å²) in [5.41, 5.74) is 1.77. The third-order valence-corrected chi connectivity index (χ3v) is 5.51. The average Bonchev–Trinajstić information content (AvgIpc) is 3.44. The second-order valence-corrected chi connectivity index (χ2v) is 7.47. The van der Waals surface area contributed by atoms with Crippen molar-refractivity contribution >= 4 is 16.8 Å². The lowest BCUT2D eigenvalue weighted by molar-refractivity contribution is 0.0695. The number of hydrogen-bond donors (Lipinski definition) is 1. The number of hydrogen-bond acceptors (Lipinski definition) is 5. The summed E-state index contributed by atoms with van der Waals surface area (Å²) in [4.78, 5) is 34.3. The summed E-state index contributed by atoms with van der Waals surface area (Å²) in [6, 6.07) is 7.23. The van der Waals surface area contributed by atoms with Gasteiger partial charge in [-0.25, -0.2) is 0 Å². The van der Waals surface area contributed by atoms with Gasteiger partial charge in [-0.3, -0.25) is 14.6 Å². The van der Waals surface area contributed by atoms with Crippen LogP contribution in [0.4, 0.5) is 0 Å². The van der Waals surface area contributed by atoms with E-state index in [1.807, 2.05) is 11.0 Å². The van der Waals surface area contributed by atoms with E-state index in [4.69, 9.17) is 4.52 Å². The molecule has 4 heterocycles. The maximum atomic E-state index is 12.8. The smallest absolute Gasteiger partial charge is 0.276 e. The lowest BCUT2D eigenvalue weighted by Gasteiger charge is -2.32. The Morgan fingerprint density at radius 2 is 2.11 bits per heavy atom. The third kappa shape index (κ3) is 3.03. The highest BCUT2D eigenvalue weighted by atomic mass is 16.5. The second kappa shape index (κ2) is 6.33. The van der Waals surface area contributed by atoms with E-state index in [-0.39, 0.29) is 17.4 Å². The third-order valence-electron chi connectivity index (χ3n) is 5.51. The fraction of sp³-hybridized carbons (Fsp3) is 0.400. The van der Waals surface area contributed by atoms with Crippen LogP contribution in [0.5, 0.6) is 0 Å². The van der Waals surface area contributed by atoms with E-state index >= 15 is 0 Å². The van der Waals surface area contributed by atoms with Gasteiger partial charge in [-0.05, 0) is 43.9 Å². The summed E-state index contributed by atoms with van der Waals surface area (Å²) in [6.07, 6.45) is 5.70. The highest BCUT2D eigenvalue weighted by Crippen LogP contribution is 2.40. The van der Waals surface area contributed by atoms with Crippen molar-refractivity contribution in [2.75, 3.05) is 13.1 Å². The number of carbonyl (C=O) groups excluding carboxylic acids is 1. The summed E-state index contributed by atoms with van der Waals surface area (Å²) >= 11 is 0. The van der Waals surface area contributed by atoms with Crippen molar-refractivity contribution in [1.29, 1.82) is 0 Å². The SMILES string of the molecule is O=C(c1cc(C2CC2)on1)N1CCC[C@H](c2cc3ncccc3c(=O)[nH]2)C1.